The zero-order chi connectivity index (χ0) is 28.1. The topological polar surface area (TPSA) is 197 Å². The van der Waals surface area contributed by atoms with Gasteiger partial charge in [-0.2, -0.15) is 0 Å². The number of carboxylic acids is 1. The summed E-state index contributed by atoms with van der Waals surface area (Å²) in [4.78, 5) is 34.8. The van der Waals surface area contributed by atoms with Crippen LogP contribution < -0.4 is 10.6 Å². The zero-order valence-electron chi connectivity index (χ0n) is 20.5. The highest BCUT2D eigenvalue weighted by Gasteiger charge is 2.32. The van der Waals surface area contributed by atoms with E-state index in [0.29, 0.717) is 11.4 Å². The number of aliphatic carboxylic acids is 1. The molecular weight excluding hydrogens is 506 g/mol. The lowest BCUT2D eigenvalue weighted by molar-refractivity contribution is -0.142. The fraction of sp³-hybridized carbons (Fsp3) is 0.571. The van der Waals surface area contributed by atoms with Gasteiger partial charge >= 0.3 is 13.3 Å². The summed E-state index contributed by atoms with van der Waals surface area (Å²) in [7, 11) is -2.17. The molecule has 1 aromatic rings. The van der Waals surface area contributed by atoms with Gasteiger partial charge in [0.2, 0.25) is 5.91 Å². The van der Waals surface area contributed by atoms with Crippen molar-refractivity contribution in [3.05, 3.63) is 33.8 Å². The highest BCUT2D eigenvalue weighted by Crippen LogP contribution is 2.20. The standard InChI is InChI=1S/C15H18Cl2N2O4.C6H14O2.BH3O3/c1-8(2)5-12(15(22)23)19-13(20)7-18-14(21)10-6-9(16)3-4-11(10)17;1-5(2,7)6(3,4)8;2-1(3)4/h3-4,6,8,12H,5,7H2,1-2H3,(H,18,21)(H,19,20)(H,22,23);7-8H,1-4H3;2-4H. The van der Waals surface area contributed by atoms with Crippen LogP contribution in [0.3, 0.4) is 0 Å². The van der Waals surface area contributed by atoms with Crippen molar-refractivity contribution in [2.45, 2.75) is 65.2 Å². The van der Waals surface area contributed by atoms with Gasteiger partial charge in [-0.3, -0.25) is 9.59 Å². The second-order valence-corrected chi connectivity index (χ2v) is 9.70. The molecule has 1 unspecified atom stereocenters. The first kappa shape index (κ1) is 35.2. The Morgan fingerprint density at radius 1 is 1.00 bits per heavy atom. The molecule has 1 atom stereocenters. The van der Waals surface area contributed by atoms with Crippen LogP contribution in [-0.2, 0) is 9.59 Å². The van der Waals surface area contributed by atoms with Crippen LogP contribution in [-0.4, -0.2) is 79.3 Å². The van der Waals surface area contributed by atoms with Gasteiger partial charge in [-0.1, -0.05) is 37.0 Å². The molecule has 1 rings (SSSR count). The predicted molar refractivity (Wildman–Crippen MR) is 133 cm³/mol. The molecule has 0 saturated carbocycles. The number of carboxylic acid groups (broad SMARTS) is 1. The normalized spacial score (nSPS) is 11.8. The van der Waals surface area contributed by atoms with E-state index in [9.17, 15) is 14.4 Å². The largest absolute Gasteiger partial charge is 0.631 e. The summed E-state index contributed by atoms with van der Waals surface area (Å²) < 4.78 is 0. The third kappa shape index (κ3) is 17.2. The maximum Gasteiger partial charge on any atom is 0.631 e. The first-order chi connectivity index (χ1) is 15.7. The summed E-state index contributed by atoms with van der Waals surface area (Å²) in [5.74, 6) is -2.17. The van der Waals surface area contributed by atoms with Crippen LogP contribution >= 0.6 is 23.2 Å². The quantitative estimate of drug-likeness (QED) is 0.220. The van der Waals surface area contributed by atoms with Crippen LogP contribution in [0, 0.1) is 5.92 Å². The number of amides is 2. The Labute approximate surface area is 215 Å². The monoisotopic (exact) mass is 540 g/mol. The highest BCUT2D eigenvalue weighted by atomic mass is 35.5. The van der Waals surface area contributed by atoms with Crippen molar-refractivity contribution < 1.29 is 44.8 Å². The highest BCUT2D eigenvalue weighted by molar-refractivity contribution is 6.35. The second-order valence-electron chi connectivity index (χ2n) is 8.86. The number of nitrogens with one attached hydrogen (secondary N) is 2. The molecule has 11 nitrogen and oxygen atoms in total. The molecule has 0 aliphatic rings. The van der Waals surface area contributed by atoms with Crippen LogP contribution in [0.4, 0.5) is 0 Å². The van der Waals surface area contributed by atoms with E-state index >= 15 is 0 Å². The molecule has 0 aliphatic carbocycles. The van der Waals surface area contributed by atoms with E-state index in [1.54, 1.807) is 27.7 Å². The number of hydrogen-bond donors (Lipinski definition) is 8. The molecule has 0 fully saturated rings. The van der Waals surface area contributed by atoms with Crippen LogP contribution in [0.2, 0.25) is 10.0 Å². The Bertz CT molecular complexity index is 811. The molecule has 14 heteroatoms. The number of benzene rings is 1. The van der Waals surface area contributed by atoms with Crippen LogP contribution in [0.15, 0.2) is 18.2 Å². The molecule has 0 heterocycles. The fourth-order valence-electron chi connectivity index (χ4n) is 1.87. The Morgan fingerprint density at radius 2 is 1.46 bits per heavy atom. The summed E-state index contributed by atoms with van der Waals surface area (Å²) in [5, 5.41) is 54.1. The van der Waals surface area contributed by atoms with Gasteiger partial charge in [-0.25, -0.2) is 4.79 Å². The number of hydrogen-bond acceptors (Lipinski definition) is 8. The first-order valence-electron chi connectivity index (χ1n) is 10.4. The first-order valence-corrected chi connectivity index (χ1v) is 11.2. The summed E-state index contributed by atoms with van der Waals surface area (Å²) in [6.07, 6.45) is 0.301. The number of carbonyl (C=O) groups excluding carboxylic acids is 2. The molecule has 0 aromatic heterocycles. The summed E-state index contributed by atoms with van der Waals surface area (Å²) in [5.41, 5.74) is -1.87. The van der Waals surface area contributed by atoms with Gasteiger partial charge in [0.15, 0.2) is 0 Å². The smallest absolute Gasteiger partial charge is 0.480 e. The van der Waals surface area contributed by atoms with Gasteiger partial charge in [0.1, 0.15) is 6.04 Å². The Kier molecular flexibility index (Phi) is 16.1. The fourth-order valence-corrected chi connectivity index (χ4v) is 2.24. The SMILES string of the molecule is CC(C)(O)C(C)(C)O.CC(C)CC(NC(=O)CNC(=O)c1cc(Cl)ccc1Cl)C(=O)O.OB(O)O. The Balaban J connectivity index is 0. The van der Waals surface area contributed by atoms with Crippen LogP contribution in [0.1, 0.15) is 58.3 Å². The summed E-state index contributed by atoms with van der Waals surface area (Å²) in [6.45, 7) is 9.65. The lowest BCUT2D eigenvalue weighted by Gasteiger charge is -2.31. The lowest BCUT2D eigenvalue weighted by Crippen LogP contribution is -2.46. The van der Waals surface area contributed by atoms with E-state index < -0.39 is 42.3 Å². The average Bonchev–Trinajstić information content (AvgIpc) is 2.65. The van der Waals surface area contributed by atoms with E-state index in [0.717, 1.165) is 0 Å². The number of halogens is 2. The molecule has 2 amide bonds. The van der Waals surface area contributed by atoms with Crippen molar-refractivity contribution in [3.8, 4) is 0 Å². The molecule has 0 saturated heterocycles. The lowest BCUT2D eigenvalue weighted by atomic mass is 9.90. The zero-order valence-corrected chi connectivity index (χ0v) is 22.1. The van der Waals surface area contributed by atoms with Crippen molar-refractivity contribution >= 4 is 48.3 Å². The van der Waals surface area contributed by atoms with Gasteiger partial charge in [-0.05, 0) is 58.2 Å². The van der Waals surface area contributed by atoms with Crippen LogP contribution in [0.25, 0.3) is 0 Å². The molecule has 35 heavy (non-hydrogen) atoms. The van der Waals surface area contributed by atoms with Crippen molar-refractivity contribution in [2.24, 2.45) is 5.92 Å². The summed E-state index contributed by atoms with van der Waals surface area (Å²) >= 11 is 11.7. The van der Waals surface area contributed by atoms with E-state index in [-0.39, 0.29) is 23.0 Å². The van der Waals surface area contributed by atoms with E-state index in [2.05, 4.69) is 10.6 Å². The minimum Gasteiger partial charge on any atom is -0.480 e. The summed E-state index contributed by atoms with van der Waals surface area (Å²) in [6, 6.07) is 3.41. The Morgan fingerprint density at radius 3 is 1.83 bits per heavy atom. The van der Waals surface area contributed by atoms with Gasteiger partial charge in [0.25, 0.3) is 5.91 Å². The molecule has 0 radical (unpaired) electrons. The van der Waals surface area contributed by atoms with Crippen molar-refractivity contribution in [1.29, 1.82) is 0 Å². The predicted octanol–water partition coefficient (Wildman–Crippen LogP) is 0.815. The van der Waals surface area contributed by atoms with E-state index in [4.69, 9.17) is 53.6 Å². The third-order valence-corrected chi connectivity index (χ3v) is 4.98. The van der Waals surface area contributed by atoms with Crippen molar-refractivity contribution in [2.75, 3.05) is 6.54 Å². The van der Waals surface area contributed by atoms with Gasteiger partial charge in [0, 0.05) is 5.02 Å². The van der Waals surface area contributed by atoms with Gasteiger partial charge < -0.3 is 41.0 Å². The average molecular weight is 541 g/mol. The molecular formula is C21H35BCl2N2O9. The number of rotatable bonds is 8. The molecule has 0 aliphatic heterocycles. The minimum absolute atomic E-state index is 0.108. The number of carbonyl (C=O) groups is 3. The maximum absolute atomic E-state index is 12.0. The van der Waals surface area contributed by atoms with E-state index in [1.807, 2.05) is 13.8 Å². The molecule has 0 bridgehead atoms. The number of aliphatic hydroxyl groups is 2. The van der Waals surface area contributed by atoms with Gasteiger partial charge in [0.05, 0.1) is 28.3 Å². The van der Waals surface area contributed by atoms with Crippen molar-refractivity contribution in [3.63, 3.8) is 0 Å². The molecule has 0 spiro atoms. The molecule has 8 N–H and O–H groups in total. The van der Waals surface area contributed by atoms with Gasteiger partial charge in [-0.15, -0.1) is 0 Å². The second kappa shape index (κ2) is 15.9. The van der Waals surface area contributed by atoms with Crippen molar-refractivity contribution in [1.82, 2.24) is 10.6 Å². The molecule has 1 aromatic carbocycles. The van der Waals surface area contributed by atoms with Crippen LogP contribution in [0.5, 0.6) is 0 Å². The third-order valence-electron chi connectivity index (χ3n) is 4.42. The van der Waals surface area contributed by atoms with E-state index in [1.165, 1.54) is 18.2 Å². The minimum atomic E-state index is -2.17. The molecule has 200 valence electrons. The maximum atomic E-state index is 12.0. The Hall–Kier alpha value is -1.93.